The van der Waals surface area contributed by atoms with Crippen molar-refractivity contribution in [3.05, 3.63) is 129 Å². The zero-order valence-corrected chi connectivity index (χ0v) is 24.5. The Kier molecular flexibility index (Phi) is 9.14. The zero-order chi connectivity index (χ0) is 30.3. The molecule has 0 atom stereocenters. The third-order valence-corrected chi connectivity index (χ3v) is 7.10. The summed E-state index contributed by atoms with van der Waals surface area (Å²) in [4.78, 5) is 42.5. The number of carbonyl (C=O) groups excluding carboxylic acids is 2. The van der Waals surface area contributed by atoms with Crippen LogP contribution in [0.2, 0.25) is 10.0 Å². The van der Waals surface area contributed by atoms with Crippen LogP contribution >= 0.6 is 23.2 Å². The maximum Gasteiger partial charge on any atom is 0.323 e. The molecule has 2 heterocycles. The number of rotatable bonds is 8. The van der Waals surface area contributed by atoms with Crippen LogP contribution in [0.15, 0.2) is 102 Å². The lowest BCUT2D eigenvalue weighted by Crippen LogP contribution is -2.29. The molecule has 0 fully saturated rings. The first-order valence-corrected chi connectivity index (χ1v) is 14.1. The van der Waals surface area contributed by atoms with E-state index in [1.54, 1.807) is 13.0 Å². The Morgan fingerprint density at radius 2 is 1.49 bits per heavy atom. The minimum absolute atomic E-state index is 0.0214. The number of benzene rings is 3. The second kappa shape index (κ2) is 13.3. The van der Waals surface area contributed by atoms with Crippen LogP contribution in [-0.4, -0.2) is 26.7 Å². The number of anilines is 2. The highest BCUT2D eigenvalue weighted by atomic mass is 35.5. The van der Waals surface area contributed by atoms with Crippen LogP contribution in [-0.2, 0) is 13.1 Å². The molecular weight excluding hydrogens is 587 g/mol. The summed E-state index contributed by atoms with van der Waals surface area (Å²) in [6.07, 6.45) is 2.69. The van der Waals surface area contributed by atoms with Crippen molar-refractivity contribution >= 4 is 46.5 Å². The topological polar surface area (TPSA) is 118 Å². The lowest BCUT2D eigenvalue weighted by molar-refractivity contribution is 0.0951. The largest absolute Gasteiger partial charge is 0.348 e. The molecule has 0 spiro atoms. The Morgan fingerprint density at radius 3 is 2.21 bits per heavy atom. The number of aryl methyl sites for hydroxylation is 1. The molecule has 0 unspecified atom stereocenters. The van der Waals surface area contributed by atoms with E-state index in [-0.39, 0.29) is 33.9 Å². The van der Waals surface area contributed by atoms with Crippen LogP contribution in [0.25, 0.3) is 22.4 Å². The van der Waals surface area contributed by atoms with Gasteiger partial charge in [0.2, 0.25) is 0 Å². The third-order valence-electron chi connectivity index (χ3n) is 6.53. The Labute approximate surface area is 257 Å². The molecule has 0 aliphatic carbocycles. The molecule has 0 aliphatic rings. The van der Waals surface area contributed by atoms with E-state index in [2.05, 4.69) is 26.0 Å². The van der Waals surface area contributed by atoms with Crippen molar-refractivity contribution < 1.29 is 9.59 Å². The van der Waals surface area contributed by atoms with Crippen LogP contribution in [0.1, 0.15) is 22.8 Å². The number of hydrogen-bond acceptors (Lipinski definition) is 5. The maximum absolute atomic E-state index is 13.0. The highest BCUT2D eigenvalue weighted by Gasteiger charge is 2.15. The normalized spacial score (nSPS) is 10.7. The van der Waals surface area contributed by atoms with E-state index in [4.69, 9.17) is 23.2 Å². The van der Waals surface area contributed by atoms with Gasteiger partial charge in [0, 0.05) is 36.6 Å². The van der Waals surface area contributed by atoms with Gasteiger partial charge in [0.25, 0.3) is 11.5 Å². The molecule has 3 N–H and O–H groups in total. The lowest BCUT2D eigenvalue weighted by Gasteiger charge is -2.13. The van der Waals surface area contributed by atoms with Gasteiger partial charge >= 0.3 is 6.03 Å². The first-order chi connectivity index (χ1) is 20.8. The predicted octanol–water partition coefficient (Wildman–Crippen LogP) is 6.87. The van der Waals surface area contributed by atoms with E-state index in [1.807, 2.05) is 72.8 Å². The van der Waals surface area contributed by atoms with Gasteiger partial charge in [-0.1, -0.05) is 83.9 Å². The molecule has 5 aromatic rings. The molecule has 3 aromatic carbocycles. The second-order valence-corrected chi connectivity index (χ2v) is 10.3. The van der Waals surface area contributed by atoms with Crippen molar-refractivity contribution in [3.8, 4) is 22.4 Å². The fourth-order valence-corrected chi connectivity index (χ4v) is 4.82. The van der Waals surface area contributed by atoms with Gasteiger partial charge in [0.15, 0.2) is 0 Å². The first kappa shape index (κ1) is 29.5. The van der Waals surface area contributed by atoms with Crippen molar-refractivity contribution in [2.75, 3.05) is 10.6 Å². The Hall–Kier alpha value is -4.99. The van der Waals surface area contributed by atoms with E-state index in [9.17, 15) is 14.4 Å². The molecular formula is C32H26Cl2N6O3. The number of nitrogens with one attached hydrogen (secondary N) is 3. The van der Waals surface area contributed by atoms with Crippen molar-refractivity contribution in [1.82, 2.24) is 20.1 Å². The van der Waals surface area contributed by atoms with Crippen molar-refractivity contribution in [1.29, 1.82) is 0 Å². The average Bonchev–Trinajstić information content (AvgIpc) is 3.03. The summed E-state index contributed by atoms with van der Waals surface area (Å²) in [5.74, 6) is -0.179. The van der Waals surface area contributed by atoms with Crippen molar-refractivity contribution in [2.45, 2.75) is 20.0 Å². The molecule has 216 valence electrons. The third kappa shape index (κ3) is 7.09. The average molecular weight is 614 g/mol. The summed E-state index contributed by atoms with van der Waals surface area (Å²) in [5.41, 5.74) is 4.12. The number of nitrogens with zero attached hydrogens (tertiary/aromatic N) is 3. The van der Waals surface area contributed by atoms with Gasteiger partial charge in [-0.05, 0) is 47.9 Å². The van der Waals surface area contributed by atoms with Crippen LogP contribution in [0.5, 0.6) is 0 Å². The number of pyridine rings is 1. The van der Waals surface area contributed by atoms with E-state index in [1.165, 1.54) is 23.1 Å². The number of hydrogen-bond donors (Lipinski definition) is 3. The molecule has 0 aliphatic heterocycles. The van der Waals surface area contributed by atoms with E-state index in [0.29, 0.717) is 23.4 Å². The van der Waals surface area contributed by atoms with Gasteiger partial charge in [-0.3, -0.25) is 14.6 Å². The summed E-state index contributed by atoms with van der Waals surface area (Å²) in [6, 6.07) is 25.4. The van der Waals surface area contributed by atoms with E-state index in [0.717, 1.165) is 16.7 Å². The summed E-state index contributed by atoms with van der Waals surface area (Å²) >= 11 is 12.2. The van der Waals surface area contributed by atoms with Crippen LogP contribution in [0, 0.1) is 0 Å². The number of halogens is 2. The quantitative estimate of drug-likeness (QED) is 0.177. The number of urea groups is 1. The van der Waals surface area contributed by atoms with Gasteiger partial charge in [0.05, 0.1) is 21.4 Å². The van der Waals surface area contributed by atoms with Crippen LogP contribution in [0.4, 0.5) is 16.2 Å². The molecule has 9 nitrogen and oxygen atoms in total. The SMILES string of the molecule is CCn1nc(-c2cccc(-c3cccc(C(=O)NCc4ccccc4)c3)c2)cc(NC(=O)Nc2c(Cl)cncc2Cl)c1=O. The maximum atomic E-state index is 13.0. The van der Waals surface area contributed by atoms with Gasteiger partial charge in [0.1, 0.15) is 5.69 Å². The second-order valence-electron chi connectivity index (χ2n) is 9.45. The van der Waals surface area contributed by atoms with Gasteiger partial charge in [-0.25, -0.2) is 9.48 Å². The zero-order valence-electron chi connectivity index (χ0n) is 23.0. The van der Waals surface area contributed by atoms with Gasteiger partial charge in [-0.15, -0.1) is 0 Å². The molecule has 43 heavy (non-hydrogen) atoms. The summed E-state index contributed by atoms with van der Waals surface area (Å²) in [5, 5.41) is 12.9. The van der Waals surface area contributed by atoms with E-state index >= 15 is 0 Å². The fourth-order valence-electron chi connectivity index (χ4n) is 4.36. The van der Waals surface area contributed by atoms with E-state index < -0.39 is 11.6 Å². The van der Waals surface area contributed by atoms with Gasteiger partial charge in [-0.2, -0.15) is 5.10 Å². The highest BCUT2D eigenvalue weighted by molar-refractivity contribution is 6.39. The molecule has 3 amide bonds. The molecule has 11 heteroatoms. The number of amides is 3. The number of carbonyl (C=O) groups is 2. The summed E-state index contributed by atoms with van der Waals surface area (Å²) in [6.45, 7) is 2.49. The van der Waals surface area contributed by atoms with Crippen molar-refractivity contribution in [2.24, 2.45) is 0 Å². The predicted molar refractivity (Wildman–Crippen MR) is 170 cm³/mol. The minimum atomic E-state index is -0.706. The Morgan fingerprint density at radius 1 is 0.814 bits per heavy atom. The molecule has 5 rings (SSSR count). The monoisotopic (exact) mass is 612 g/mol. The minimum Gasteiger partial charge on any atom is -0.348 e. The summed E-state index contributed by atoms with van der Waals surface area (Å²) < 4.78 is 1.27. The smallest absolute Gasteiger partial charge is 0.323 e. The lowest BCUT2D eigenvalue weighted by atomic mass is 9.99. The Balaban J connectivity index is 1.39. The van der Waals surface area contributed by atoms with Crippen molar-refractivity contribution in [3.63, 3.8) is 0 Å². The van der Waals surface area contributed by atoms with Crippen LogP contribution in [0.3, 0.4) is 0 Å². The fraction of sp³-hybridized carbons (Fsp3) is 0.0938. The first-order valence-electron chi connectivity index (χ1n) is 13.3. The standard InChI is InChI=1S/C32H26Cl2N6O3/c1-2-40-31(42)28(37-32(43)38-29-25(33)18-35-19-26(29)34)16-27(39-40)23-12-6-10-21(14-23)22-11-7-13-24(15-22)30(41)36-17-20-8-4-3-5-9-20/h3-16,18-19H,2,17H2,1H3,(H,36,41)(H2,35,37,38,43). The molecule has 0 saturated heterocycles. The Bertz CT molecular complexity index is 1840. The molecule has 2 aromatic heterocycles. The summed E-state index contributed by atoms with van der Waals surface area (Å²) in [7, 11) is 0. The molecule has 0 bridgehead atoms. The molecule has 0 saturated carbocycles. The highest BCUT2D eigenvalue weighted by Crippen LogP contribution is 2.29. The number of aromatic nitrogens is 3. The van der Waals surface area contributed by atoms with Crippen LogP contribution < -0.4 is 21.5 Å². The molecule has 0 radical (unpaired) electrons. The van der Waals surface area contributed by atoms with Gasteiger partial charge < -0.3 is 16.0 Å².